The van der Waals surface area contributed by atoms with Crippen LogP contribution < -0.4 is 5.32 Å². The smallest absolute Gasteiger partial charge is 0.310 e. The number of nitrogens with zero attached hydrogens (tertiary/aromatic N) is 1. The maximum Gasteiger partial charge on any atom is 0.310 e. The molecule has 1 amide bonds. The number of rotatable bonds is 7. The molecule has 1 aliphatic heterocycles. The molecule has 1 aromatic carbocycles. The number of aliphatic carboxylic acids is 1. The molecule has 1 aromatic rings. The van der Waals surface area contributed by atoms with E-state index < -0.39 is 28.0 Å². The summed E-state index contributed by atoms with van der Waals surface area (Å²) >= 11 is 0. The molecule has 0 bridgehead atoms. The standard InChI is InChI=1S/C18H26N2O5S/c1-3-11-26(24,25)20-10-5-4-9-16(20)17(21)19-15-8-6-7-14(12-15)13(2)18(22)23/h6-8,12-13,16H,3-5,9-11H2,1-2H3,(H,19,21)(H,22,23). The highest BCUT2D eigenvalue weighted by Gasteiger charge is 2.36. The number of sulfonamides is 1. The van der Waals surface area contributed by atoms with Crippen molar-refractivity contribution in [3.63, 3.8) is 0 Å². The summed E-state index contributed by atoms with van der Waals surface area (Å²) in [5.74, 6) is -1.98. The van der Waals surface area contributed by atoms with Gasteiger partial charge in [-0.05, 0) is 43.9 Å². The molecule has 1 fully saturated rings. The Balaban J connectivity index is 2.17. The Morgan fingerprint density at radius 2 is 2.08 bits per heavy atom. The lowest BCUT2D eigenvalue weighted by Gasteiger charge is -2.33. The van der Waals surface area contributed by atoms with Gasteiger partial charge in [-0.1, -0.05) is 25.5 Å². The second-order valence-corrected chi connectivity index (χ2v) is 8.65. The maximum absolute atomic E-state index is 12.7. The largest absolute Gasteiger partial charge is 0.481 e. The predicted octanol–water partition coefficient (Wildman–Crippen LogP) is 2.41. The Hall–Kier alpha value is -1.93. The topological polar surface area (TPSA) is 104 Å². The molecule has 2 rings (SSSR count). The van der Waals surface area contributed by atoms with Crippen LogP contribution in [0.1, 0.15) is 51.0 Å². The Morgan fingerprint density at radius 1 is 1.35 bits per heavy atom. The second kappa shape index (κ2) is 8.64. The van der Waals surface area contributed by atoms with Crippen LogP contribution in [0.25, 0.3) is 0 Å². The van der Waals surface area contributed by atoms with E-state index in [0.29, 0.717) is 30.6 Å². The molecular weight excluding hydrogens is 356 g/mol. The summed E-state index contributed by atoms with van der Waals surface area (Å²) in [7, 11) is -3.46. The molecule has 0 radical (unpaired) electrons. The zero-order valence-corrected chi connectivity index (χ0v) is 16.0. The fourth-order valence-electron chi connectivity index (χ4n) is 3.13. The minimum absolute atomic E-state index is 0.0302. The number of anilines is 1. The van der Waals surface area contributed by atoms with Crippen molar-refractivity contribution in [2.45, 2.75) is 51.5 Å². The molecule has 1 aliphatic rings. The summed E-state index contributed by atoms with van der Waals surface area (Å²) in [5, 5.41) is 11.9. The number of hydrogen-bond donors (Lipinski definition) is 2. The van der Waals surface area contributed by atoms with Gasteiger partial charge in [0.2, 0.25) is 15.9 Å². The van der Waals surface area contributed by atoms with E-state index >= 15 is 0 Å². The molecule has 1 saturated heterocycles. The number of carbonyl (C=O) groups excluding carboxylic acids is 1. The third-order valence-electron chi connectivity index (χ3n) is 4.60. The van der Waals surface area contributed by atoms with E-state index in [4.69, 9.17) is 5.11 Å². The number of benzene rings is 1. The van der Waals surface area contributed by atoms with Crippen molar-refractivity contribution in [3.8, 4) is 0 Å². The van der Waals surface area contributed by atoms with Crippen molar-refractivity contribution in [2.75, 3.05) is 17.6 Å². The van der Waals surface area contributed by atoms with E-state index in [9.17, 15) is 18.0 Å². The zero-order chi connectivity index (χ0) is 19.3. The van der Waals surface area contributed by atoms with Crippen LogP contribution in [-0.2, 0) is 19.6 Å². The summed E-state index contributed by atoms with van der Waals surface area (Å²) < 4.78 is 26.2. The summed E-state index contributed by atoms with van der Waals surface area (Å²) in [6, 6.07) is 5.93. The average Bonchev–Trinajstić information content (AvgIpc) is 2.61. The molecule has 1 heterocycles. The molecule has 2 atom stereocenters. The fraction of sp³-hybridized carbons (Fsp3) is 0.556. The second-order valence-electron chi connectivity index (χ2n) is 6.61. The van der Waals surface area contributed by atoms with Crippen molar-refractivity contribution < 1.29 is 23.1 Å². The number of carbonyl (C=O) groups is 2. The lowest BCUT2D eigenvalue weighted by Crippen LogP contribution is -2.50. The molecule has 144 valence electrons. The van der Waals surface area contributed by atoms with Crippen molar-refractivity contribution in [2.24, 2.45) is 0 Å². The van der Waals surface area contributed by atoms with Crippen LogP contribution in [-0.4, -0.2) is 48.0 Å². The van der Waals surface area contributed by atoms with Gasteiger partial charge in [0.25, 0.3) is 0 Å². The zero-order valence-electron chi connectivity index (χ0n) is 15.1. The quantitative estimate of drug-likeness (QED) is 0.754. The third kappa shape index (κ3) is 4.82. The maximum atomic E-state index is 12.7. The average molecular weight is 382 g/mol. The molecular formula is C18H26N2O5S. The van der Waals surface area contributed by atoms with Gasteiger partial charge in [0, 0.05) is 12.2 Å². The summed E-state index contributed by atoms with van der Waals surface area (Å²) in [6.45, 7) is 3.73. The Bertz CT molecular complexity index is 763. The molecule has 8 heteroatoms. The highest BCUT2D eigenvalue weighted by atomic mass is 32.2. The van der Waals surface area contributed by atoms with Crippen LogP contribution in [0.4, 0.5) is 5.69 Å². The van der Waals surface area contributed by atoms with Gasteiger partial charge < -0.3 is 10.4 Å². The van der Waals surface area contributed by atoms with E-state index in [-0.39, 0.29) is 11.7 Å². The van der Waals surface area contributed by atoms with Crippen molar-refractivity contribution in [1.82, 2.24) is 4.31 Å². The first-order chi connectivity index (χ1) is 12.3. The SMILES string of the molecule is CCCS(=O)(=O)N1CCCCC1C(=O)Nc1cccc(C(C)C(=O)O)c1. The molecule has 2 N–H and O–H groups in total. The lowest BCUT2D eigenvalue weighted by molar-refractivity contribution is -0.138. The Morgan fingerprint density at radius 3 is 2.73 bits per heavy atom. The van der Waals surface area contributed by atoms with E-state index in [0.717, 1.165) is 12.8 Å². The monoisotopic (exact) mass is 382 g/mol. The first kappa shape index (κ1) is 20.4. The minimum atomic E-state index is -3.46. The molecule has 0 aromatic heterocycles. The number of piperidine rings is 1. The molecule has 26 heavy (non-hydrogen) atoms. The Labute approximate surface area is 154 Å². The highest BCUT2D eigenvalue weighted by molar-refractivity contribution is 7.89. The van der Waals surface area contributed by atoms with Gasteiger partial charge in [-0.25, -0.2) is 8.42 Å². The predicted molar refractivity (Wildman–Crippen MR) is 99.5 cm³/mol. The van der Waals surface area contributed by atoms with Crippen LogP contribution in [0.15, 0.2) is 24.3 Å². The summed E-state index contributed by atoms with van der Waals surface area (Å²) in [6.07, 6.45) is 2.53. The van der Waals surface area contributed by atoms with Gasteiger partial charge in [0.1, 0.15) is 6.04 Å². The number of nitrogens with one attached hydrogen (secondary N) is 1. The van der Waals surface area contributed by atoms with Crippen molar-refractivity contribution in [1.29, 1.82) is 0 Å². The molecule has 0 saturated carbocycles. The van der Waals surface area contributed by atoms with Gasteiger partial charge in [0.05, 0.1) is 11.7 Å². The number of hydrogen-bond acceptors (Lipinski definition) is 4. The lowest BCUT2D eigenvalue weighted by atomic mass is 10.0. The molecule has 7 nitrogen and oxygen atoms in total. The molecule has 2 unspecified atom stereocenters. The van der Waals surface area contributed by atoms with Crippen molar-refractivity contribution >= 4 is 27.6 Å². The summed E-state index contributed by atoms with van der Waals surface area (Å²) in [5.41, 5.74) is 1.05. The van der Waals surface area contributed by atoms with E-state index in [2.05, 4.69) is 5.32 Å². The van der Waals surface area contributed by atoms with E-state index in [1.807, 2.05) is 0 Å². The normalized spacial score (nSPS) is 19.7. The van der Waals surface area contributed by atoms with Crippen LogP contribution in [0.2, 0.25) is 0 Å². The first-order valence-corrected chi connectivity index (χ1v) is 10.5. The minimum Gasteiger partial charge on any atom is -0.481 e. The third-order valence-corrected chi connectivity index (χ3v) is 6.68. The number of carboxylic acid groups (broad SMARTS) is 1. The van der Waals surface area contributed by atoms with E-state index in [1.165, 1.54) is 4.31 Å². The van der Waals surface area contributed by atoms with Crippen LogP contribution >= 0.6 is 0 Å². The number of amides is 1. The van der Waals surface area contributed by atoms with Crippen molar-refractivity contribution in [3.05, 3.63) is 29.8 Å². The molecule has 0 spiro atoms. The van der Waals surface area contributed by atoms with Crippen LogP contribution in [0.3, 0.4) is 0 Å². The van der Waals surface area contributed by atoms with Crippen LogP contribution in [0, 0.1) is 0 Å². The molecule has 0 aliphatic carbocycles. The summed E-state index contributed by atoms with van der Waals surface area (Å²) in [4.78, 5) is 23.8. The van der Waals surface area contributed by atoms with Gasteiger partial charge in [-0.2, -0.15) is 4.31 Å². The van der Waals surface area contributed by atoms with Gasteiger partial charge in [-0.3, -0.25) is 9.59 Å². The Kier molecular flexibility index (Phi) is 6.77. The fourth-order valence-corrected chi connectivity index (χ4v) is 4.88. The van der Waals surface area contributed by atoms with Gasteiger partial charge >= 0.3 is 5.97 Å². The first-order valence-electron chi connectivity index (χ1n) is 8.89. The van der Waals surface area contributed by atoms with Gasteiger partial charge in [0.15, 0.2) is 0 Å². The van der Waals surface area contributed by atoms with Crippen LogP contribution in [0.5, 0.6) is 0 Å². The highest BCUT2D eigenvalue weighted by Crippen LogP contribution is 2.24. The van der Waals surface area contributed by atoms with Gasteiger partial charge in [-0.15, -0.1) is 0 Å². The number of carboxylic acids is 1. The van der Waals surface area contributed by atoms with E-state index in [1.54, 1.807) is 38.1 Å².